The largest absolute Gasteiger partial charge is 0.396 e. The second-order valence-electron chi connectivity index (χ2n) is 4.04. The highest BCUT2D eigenvalue weighted by molar-refractivity contribution is 9.10. The van der Waals surface area contributed by atoms with Crippen LogP contribution in [0.3, 0.4) is 0 Å². The molecule has 0 heterocycles. The van der Waals surface area contributed by atoms with Gasteiger partial charge in [-0.05, 0) is 35.0 Å². The third-order valence-electron chi connectivity index (χ3n) is 2.72. The van der Waals surface area contributed by atoms with Crippen LogP contribution in [0.5, 0.6) is 0 Å². The highest BCUT2D eigenvalue weighted by atomic mass is 79.9. The fourth-order valence-corrected chi connectivity index (χ4v) is 3.76. The molecule has 0 aliphatic heterocycles. The number of nitrogens with zero attached hydrogens (tertiary/aromatic N) is 2. The number of nitrogen functional groups attached to an aromatic ring is 1. The maximum atomic E-state index is 13.2. The number of benzene rings is 1. The van der Waals surface area contributed by atoms with Crippen molar-refractivity contribution >= 4 is 31.6 Å². The molecule has 0 amide bonds. The third-order valence-corrected chi connectivity index (χ3v) is 5.65. The van der Waals surface area contributed by atoms with Gasteiger partial charge in [0.1, 0.15) is 5.82 Å². The van der Waals surface area contributed by atoms with Gasteiger partial charge in [-0.15, -0.1) is 0 Å². The summed E-state index contributed by atoms with van der Waals surface area (Å²) in [5.74, 6) is -0.696. The predicted octanol–water partition coefficient (Wildman–Crippen LogP) is 2.09. The molecule has 104 valence electrons. The van der Waals surface area contributed by atoms with Gasteiger partial charge >= 0.3 is 0 Å². The lowest BCUT2D eigenvalue weighted by atomic mass is 10.3. The van der Waals surface area contributed by atoms with Gasteiger partial charge in [-0.3, -0.25) is 0 Å². The summed E-state index contributed by atoms with van der Waals surface area (Å²) in [6.45, 7) is 1.61. The second-order valence-corrected chi connectivity index (χ2v) is 6.86. The van der Waals surface area contributed by atoms with Gasteiger partial charge in [0.15, 0.2) is 0 Å². The van der Waals surface area contributed by atoms with Crippen LogP contribution in [-0.2, 0) is 10.0 Å². The van der Waals surface area contributed by atoms with E-state index in [1.54, 1.807) is 6.92 Å². The molecule has 5 nitrogen and oxygen atoms in total. The summed E-state index contributed by atoms with van der Waals surface area (Å²) in [7, 11) is -2.48. The zero-order valence-corrected chi connectivity index (χ0v) is 12.8. The Kier molecular flexibility index (Phi) is 4.90. The minimum atomic E-state index is -3.84. The molecular formula is C11H13BrFN3O2S. The van der Waals surface area contributed by atoms with Crippen LogP contribution in [0.4, 0.5) is 10.1 Å². The number of nitriles is 1. The molecule has 1 unspecified atom stereocenters. The summed E-state index contributed by atoms with van der Waals surface area (Å²) < 4.78 is 39.1. The van der Waals surface area contributed by atoms with E-state index in [9.17, 15) is 12.8 Å². The summed E-state index contributed by atoms with van der Waals surface area (Å²) in [4.78, 5) is -0.126. The normalized spacial score (nSPS) is 13.3. The minimum Gasteiger partial charge on any atom is -0.396 e. The molecule has 0 saturated heterocycles. The lowest BCUT2D eigenvalue weighted by molar-refractivity contribution is 0.393. The Hall–Kier alpha value is -1.17. The first kappa shape index (κ1) is 15.9. The molecular weight excluding hydrogens is 337 g/mol. The maximum Gasteiger partial charge on any atom is 0.244 e. The Morgan fingerprint density at radius 3 is 2.68 bits per heavy atom. The van der Waals surface area contributed by atoms with Gasteiger partial charge in [0.25, 0.3) is 0 Å². The van der Waals surface area contributed by atoms with Gasteiger partial charge in [0.2, 0.25) is 10.0 Å². The Balaban J connectivity index is 3.29. The first-order valence-corrected chi connectivity index (χ1v) is 7.54. The molecule has 1 atom stereocenters. The molecule has 1 aromatic carbocycles. The van der Waals surface area contributed by atoms with Gasteiger partial charge in [0, 0.05) is 17.6 Å². The van der Waals surface area contributed by atoms with Crippen molar-refractivity contribution in [2.75, 3.05) is 12.8 Å². The summed E-state index contributed by atoms with van der Waals surface area (Å²) >= 11 is 3.01. The van der Waals surface area contributed by atoms with E-state index in [-0.39, 0.29) is 21.5 Å². The zero-order valence-electron chi connectivity index (χ0n) is 10.4. The summed E-state index contributed by atoms with van der Waals surface area (Å²) in [6.07, 6.45) is 0.0595. The Labute approximate surface area is 120 Å². The van der Waals surface area contributed by atoms with Crippen LogP contribution in [0, 0.1) is 17.1 Å². The van der Waals surface area contributed by atoms with E-state index in [2.05, 4.69) is 15.9 Å². The van der Waals surface area contributed by atoms with Crippen LogP contribution >= 0.6 is 15.9 Å². The smallest absolute Gasteiger partial charge is 0.244 e. The number of hydrogen-bond donors (Lipinski definition) is 1. The number of hydrogen-bond acceptors (Lipinski definition) is 4. The van der Waals surface area contributed by atoms with Gasteiger partial charge in [-0.2, -0.15) is 9.57 Å². The maximum absolute atomic E-state index is 13.2. The van der Waals surface area contributed by atoms with E-state index in [1.165, 1.54) is 7.05 Å². The molecule has 1 aromatic rings. The molecule has 0 bridgehead atoms. The Morgan fingerprint density at radius 1 is 1.58 bits per heavy atom. The standard InChI is InChI=1S/C11H13BrFN3O2S/c1-7(3-4-14)16(2)19(17,18)11-6-10(15)9(13)5-8(11)12/h5-7H,3,15H2,1-2H3. The van der Waals surface area contributed by atoms with Crippen molar-refractivity contribution in [2.24, 2.45) is 0 Å². The van der Waals surface area contributed by atoms with E-state index in [4.69, 9.17) is 11.0 Å². The lowest BCUT2D eigenvalue weighted by Gasteiger charge is -2.23. The van der Waals surface area contributed by atoms with Gasteiger partial charge in [-0.25, -0.2) is 12.8 Å². The van der Waals surface area contributed by atoms with Gasteiger partial charge in [-0.1, -0.05) is 0 Å². The highest BCUT2D eigenvalue weighted by Gasteiger charge is 2.28. The minimum absolute atomic E-state index is 0.0595. The number of sulfonamides is 1. The van der Waals surface area contributed by atoms with Crippen molar-refractivity contribution in [1.82, 2.24) is 4.31 Å². The fourth-order valence-electron chi connectivity index (χ4n) is 1.40. The average Bonchev–Trinajstić information content (AvgIpc) is 2.32. The molecule has 19 heavy (non-hydrogen) atoms. The Morgan fingerprint density at radius 2 is 2.16 bits per heavy atom. The highest BCUT2D eigenvalue weighted by Crippen LogP contribution is 2.29. The molecule has 0 saturated carbocycles. The zero-order chi connectivity index (χ0) is 14.8. The topological polar surface area (TPSA) is 87.2 Å². The van der Waals surface area contributed by atoms with Crippen LogP contribution in [-0.4, -0.2) is 25.8 Å². The summed E-state index contributed by atoms with van der Waals surface area (Å²) in [6, 6.07) is 3.48. The van der Waals surface area contributed by atoms with Crippen LogP contribution < -0.4 is 5.73 Å². The van der Waals surface area contributed by atoms with Crippen molar-refractivity contribution in [3.05, 3.63) is 22.4 Å². The quantitative estimate of drug-likeness (QED) is 0.843. The first-order valence-electron chi connectivity index (χ1n) is 5.31. The van der Waals surface area contributed by atoms with Crippen LogP contribution in [0.2, 0.25) is 0 Å². The fraction of sp³-hybridized carbons (Fsp3) is 0.364. The van der Waals surface area contributed by atoms with E-state index in [0.29, 0.717) is 0 Å². The van der Waals surface area contributed by atoms with E-state index >= 15 is 0 Å². The SMILES string of the molecule is CC(CC#N)N(C)S(=O)(=O)c1cc(N)c(F)cc1Br. The van der Waals surface area contributed by atoms with Crippen LogP contribution in [0.25, 0.3) is 0 Å². The Bertz CT molecular complexity index is 628. The van der Waals surface area contributed by atoms with E-state index in [0.717, 1.165) is 16.4 Å². The molecule has 0 fully saturated rings. The third kappa shape index (κ3) is 3.23. The lowest BCUT2D eigenvalue weighted by Crippen LogP contribution is -2.35. The molecule has 0 aliphatic rings. The first-order chi connectivity index (χ1) is 8.71. The monoisotopic (exact) mass is 349 g/mol. The van der Waals surface area contributed by atoms with Crippen LogP contribution in [0.15, 0.2) is 21.5 Å². The average molecular weight is 350 g/mol. The predicted molar refractivity (Wildman–Crippen MR) is 73.2 cm³/mol. The molecule has 2 N–H and O–H groups in total. The number of nitrogens with two attached hydrogens (primary N) is 1. The number of halogens is 2. The number of anilines is 1. The molecule has 0 aliphatic carbocycles. The van der Waals surface area contributed by atoms with Crippen molar-refractivity contribution in [3.8, 4) is 6.07 Å². The van der Waals surface area contributed by atoms with Crippen molar-refractivity contribution < 1.29 is 12.8 Å². The van der Waals surface area contributed by atoms with Crippen LogP contribution in [0.1, 0.15) is 13.3 Å². The van der Waals surface area contributed by atoms with Crippen molar-refractivity contribution in [3.63, 3.8) is 0 Å². The van der Waals surface area contributed by atoms with Crippen molar-refractivity contribution in [2.45, 2.75) is 24.3 Å². The second kappa shape index (κ2) is 5.86. The van der Waals surface area contributed by atoms with Crippen molar-refractivity contribution in [1.29, 1.82) is 5.26 Å². The van der Waals surface area contributed by atoms with Gasteiger partial charge in [0.05, 0.1) is 23.1 Å². The summed E-state index contributed by atoms with van der Waals surface area (Å²) in [5.41, 5.74) is 5.14. The number of rotatable bonds is 4. The molecule has 8 heteroatoms. The molecule has 0 spiro atoms. The van der Waals surface area contributed by atoms with E-state index in [1.807, 2.05) is 6.07 Å². The van der Waals surface area contributed by atoms with Gasteiger partial charge < -0.3 is 5.73 Å². The summed E-state index contributed by atoms with van der Waals surface area (Å²) in [5, 5.41) is 8.61. The molecule has 0 radical (unpaired) electrons. The molecule has 0 aromatic heterocycles. The van der Waals surface area contributed by atoms with E-state index < -0.39 is 21.9 Å². The molecule has 1 rings (SSSR count).